The highest BCUT2D eigenvalue weighted by molar-refractivity contribution is 5.79. The van der Waals surface area contributed by atoms with Crippen molar-refractivity contribution in [3.8, 4) is 0 Å². The van der Waals surface area contributed by atoms with Crippen molar-refractivity contribution in [2.75, 3.05) is 0 Å². The SMILES string of the molecule is Cc1nc2ccccc2c(=O)n1CC(=O)NC1CC(C)CCC1C(C)C. The summed E-state index contributed by atoms with van der Waals surface area (Å²) in [4.78, 5) is 29.9. The molecule has 3 atom stereocenters. The van der Waals surface area contributed by atoms with Crippen molar-refractivity contribution in [2.24, 2.45) is 17.8 Å². The lowest BCUT2D eigenvalue weighted by Crippen LogP contribution is -2.47. The number of hydrogen-bond acceptors (Lipinski definition) is 3. The summed E-state index contributed by atoms with van der Waals surface area (Å²) >= 11 is 0. The van der Waals surface area contributed by atoms with Gasteiger partial charge in [0.1, 0.15) is 12.4 Å². The number of nitrogens with one attached hydrogen (secondary N) is 1. The van der Waals surface area contributed by atoms with E-state index in [1.165, 1.54) is 11.0 Å². The van der Waals surface area contributed by atoms with Crippen molar-refractivity contribution in [3.05, 3.63) is 40.4 Å². The van der Waals surface area contributed by atoms with Crippen LogP contribution in [0, 0.1) is 24.7 Å². The quantitative estimate of drug-likeness (QED) is 0.915. The minimum absolute atomic E-state index is 0.0260. The smallest absolute Gasteiger partial charge is 0.261 e. The van der Waals surface area contributed by atoms with E-state index in [0.717, 1.165) is 12.8 Å². The number of nitrogens with zero attached hydrogens (tertiary/aromatic N) is 2. The van der Waals surface area contributed by atoms with E-state index in [1.807, 2.05) is 18.2 Å². The minimum Gasteiger partial charge on any atom is -0.352 e. The Morgan fingerprint density at radius 1 is 1.31 bits per heavy atom. The molecule has 1 aromatic heterocycles. The molecule has 0 aliphatic heterocycles. The summed E-state index contributed by atoms with van der Waals surface area (Å²) in [6, 6.07) is 7.46. The molecule has 1 aromatic carbocycles. The molecule has 0 spiro atoms. The van der Waals surface area contributed by atoms with Gasteiger partial charge in [-0.05, 0) is 49.7 Å². The molecule has 5 heteroatoms. The summed E-state index contributed by atoms with van der Waals surface area (Å²) < 4.78 is 1.48. The van der Waals surface area contributed by atoms with Gasteiger partial charge in [0.25, 0.3) is 5.56 Å². The fourth-order valence-corrected chi connectivity index (χ4v) is 4.23. The molecule has 1 aliphatic rings. The molecule has 3 unspecified atom stereocenters. The topological polar surface area (TPSA) is 64.0 Å². The molecule has 1 heterocycles. The van der Waals surface area contributed by atoms with E-state index >= 15 is 0 Å². The van der Waals surface area contributed by atoms with Gasteiger partial charge in [0.15, 0.2) is 0 Å². The van der Waals surface area contributed by atoms with Crippen LogP contribution in [0.4, 0.5) is 0 Å². The van der Waals surface area contributed by atoms with E-state index in [0.29, 0.717) is 34.5 Å². The minimum atomic E-state index is -0.152. The van der Waals surface area contributed by atoms with Crippen LogP contribution in [0.25, 0.3) is 10.9 Å². The average molecular weight is 355 g/mol. The van der Waals surface area contributed by atoms with Crippen molar-refractivity contribution < 1.29 is 4.79 Å². The van der Waals surface area contributed by atoms with Gasteiger partial charge in [0.2, 0.25) is 5.91 Å². The zero-order valence-electron chi connectivity index (χ0n) is 16.2. The van der Waals surface area contributed by atoms with E-state index in [2.05, 4.69) is 31.1 Å². The lowest BCUT2D eigenvalue weighted by molar-refractivity contribution is -0.123. The second-order valence-electron chi connectivity index (χ2n) is 8.07. The second-order valence-corrected chi connectivity index (χ2v) is 8.07. The van der Waals surface area contributed by atoms with Gasteiger partial charge in [0.05, 0.1) is 10.9 Å². The highest BCUT2D eigenvalue weighted by Gasteiger charge is 2.31. The highest BCUT2D eigenvalue weighted by atomic mass is 16.2. The van der Waals surface area contributed by atoms with Gasteiger partial charge in [-0.2, -0.15) is 0 Å². The zero-order chi connectivity index (χ0) is 18.8. The van der Waals surface area contributed by atoms with Crippen molar-refractivity contribution in [1.82, 2.24) is 14.9 Å². The number of para-hydroxylation sites is 1. The summed E-state index contributed by atoms with van der Waals surface area (Å²) in [5.74, 6) is 2.14. The molecular weight excluding hydrogens is 326 g/mol. The predicted molar refractivity (Wildman–Crippen MR) is 104 cm³/mol. The van der Waals surface area contributed by atoms with E-state index in [-0.39, 0.29) is 24.1 Å². The van der Waals surface area contributed by atoms with Crippen LogP contribution in [-0.2, 0) is 11.3 Å². The fourth-order valence-electron chi connectivity index (χ4n) is 4.23. The second kappa shape index (κ2) is 7.60. The summed E-state index contributed by atoms with van der Waals surface area (Å²) in [6.07, 6.45) is 3.39. The molecule has 26 heavy (non-hydrogen) atoms. The lowest BCUT2D eigenvalue weighted by atomic mass is 9.74. The van der Waals surface area contributed by atoms with Gasteiger partial charge in [0, 0.05) is 6.04 Å². The largest absolute Gasteiger partial charge is 0.352 e. The Labute approximate surface area is 154 Å². The Kier molecular flexibility index (Phi) is 5.44. The molecule has 3 rings (SSSR count). The third-order valence-corrected chi connectivity index (χ3v) is 5.72. The Balaban J connectivity index is 1.79. The third-order valence-electron chi connectivity index (χ3n) is 5.72. The molecule has 140 valence electrons. The molecule has 1 aliphatic carbocycles. The van der Waals surface area contributed by atoms with Gasteiger partial charge in [-0.1, -0.05) is 39.3 Å². The number of amides is 1. The number of benzene rings is 1. The molecule has 2 aromatic rings. The first-order valence-electron chi connectivity index (χ1n) is 9.62. The van der Waals surface area contributed by atoms with E-state index in [4.69, 9.17) is 0 Å². The van der Waals surface area contributed by atoms with Gasteiger partial charge in [-0.15, -0.1) is 0 Å². The summed E-state index contributed by atoms with van der Waals surface area (Å²) in [5, 5.41) is 3.76. The third kappa shape index (κ3) is 3.81. The molecule has 0 radical (unpaired) electrons. The maximum atomic E-state index is 12.7. The van der Waals surface area contributed by atoms with Crippen LogP contribution < -0.4 is 10.9 Å². The number of hydrogen-bond donors (Lipinski definition) is 1. The lowest BCUT2D eigenvalue weighted by Gasteiger charge is -2.37. The van der Waals surface area contributed by atoms with Crippen molar-refractivity contribution in [1.29, 1.82) is 0 Å². The van der Waals surface area contributed by atoms with E-state index < -0.39 is 0 Å². The molecule has 1 amide bonds. The van der Waals surface area contributed by atoms with Crippen molar-refractivity contribution in [2.45, 2.75) is 59.5 Å². The highest BCUT2D eigenvalue weighted by Crippen LogP contribution is 2.33. The van der Waals surface area contributed by atoms with Crippen LogP contribution >= 0.6 is 0 Å². The van der Waals surface area contributed by atoms with Crippen LogP contribution in [0.5, 0.6) is 0 Å². The average Bonchev–Trinajstić information content (AvgIpc) is 2.58. The van der Waals surface area contributed by atoms with Gasteiger partial charge < -0.3 is 5.32 Å². The van der Waals surface area contributed by atoms with Gasteiger partial charge in [-0.25, -0.2) is 4.98 Å². The number of aryl methyl sites for hydroxylation is 1. The van der Waals surface area contributed by atoms with Crippen LogP contribution in [-0.4, -0.2) is 21.5 Å². The zero-order valence-corrected chi connectivity index (χ0v) is 16.2. The van der Waals surface area contributed by atoms with Crippen LogP contribution in [0.3, 0.4) is 0 Å². The van der Waals surface area contributed by atoms with E-state index in [1.54, 1.807) is 13.0 Å². The molecule has 1 N–H and O–H groups in total. The molecule has 0 saturated heterocycles. The summed E-state index contributed by atoms with van der Waals surface area (Å²) in [7, 11) is 0. The van der Waals surface area contributed by atoms with Crippen LogP contribution in [0.15, 0.2) is 29.1 Å². The summed E-state index contributed by atoms with van der Waals surface area (Å²) in [6.45, 7) is 8.50. The van der Waals surface area contributed by atoms with Gasteiger partial charge >= 0.3 is 0 Å². The Morgan fingerprint density at radius 2 is 2.04 bits per heavy atom. The maximum absolute atomic E-state index is 12.7. The van der Waals surface area contributed by atoms with Crippen molar-refractivity contribution in [3.63, 3.8) is 0 Å². The number of fused-ring (bicyclic) bond motifs is 1. The predicted octanol–water partition coefficient (Wildman–Crippen LogP) is 3.28. The standard InChI is InChI=1S/C21H29N3O2/c1-13(2)16-10-9-14(3)11-19(16)23-20(25)12-24-15(4)22-18-8-6-5-7-17(18)21(24)26/h5-8,13-14,16,19H,9-12H2,1-4H3,(H,23,25). The number of carbonyl (C=O) groups excluding carboxylic acids is 1. The normalized spacial score (nSPS) is 23.3. The first-order chi connectivity index (χ1) is 12.4. The monoisotopic (exact) mass is 355 g/mol. The Bertz CT molecular complexity index is 856. The molecular formula is C21H29N3O2. The van der Waals surface area contributed by atoms with Crippen LogP contribution in [0.1, 0.15) is 45.9 Å². The number of aromatic nitrogens is 2. The Morgan fingerprint density at radius 3 is 2.77 bits per heavy atom. The van der Waals surface area contributed by atoms with Crippen LogP contribution in [0.2, 0.25) is 0 Å². The first-order valence-corrected chi connectivity index (χ1v) is 9.62. The summed E-state index contributed by atoms with van der Waals surface area (Å²) in [5.41, 5.74) is 0.522. The fraction of sp³-hybridized carbons (Fsp3) is 0.571. The number of rotatable bonds is 4. The maximum Gasteiger partial charge on any atom is 0.261 e. The van der Waals surface area contributed by atoms with Crippen molar-refractivity contribution >= 4 is 16.8 Å². The molecule has 1 saturated carbocycles. The number of carbonyl (C=O) groups is 1. The molecule has 5 nitrogen and oxygen atoms in total. The molecule has 1 fully saturated rings. The van der Waals surface area contributed by atoms with Gasteiger partial charge in [-0.3, -0.25) is 14.2 Å². The Hall–Kier alpha value is -2.17. The first kappa shape index (κ1) is 18.6. The van der Waals surface area contributed by atoms with E-state index in [9.17, 15) is 9.59 Å². The molecule has 0 bridgehead atoms.